The van der Waals surface area contributed by atoms with E-state index in [2.05, 4.69) is 24.1 Å². The largest absolute Gasteiger partial charge is 0.336 e. The first-order valence-corrected chi connectivity index (χ1v) is 5.23. The van der Waals surface area contributed by atoms with Crippen molar-refractivity contribution in [1.29, 1.82) is 0 Å². The predicted molar refractivity (Wildman–Crippen MR) is 51.4 cm³/mol. The van der Waals surface area contributed by atoms with Gasteiger partial charge in [-0.25, -0.2) is 0 Å². The van der Waals surface area contributed by atoms with Crippen molar-refractivity contribution in [3.05, 3.63) is 0 Å². The van der Waals surface area contributed by atoms with Crippen molar-refractivity contribution in [1.82, 2.24) is 10.2 Å². The van der Waals surface area contributed by atoms with Crippen LogP contribution < -0.4 is 5.32 Å². The second kappa shape index (κ2) is 3.29. The first kappa shape index (κ1) is 9.00. The monoisotopic (exact) mass is 182 g/mol. The third kappa shape index (κ3) is 1.57. The molecular weight excluding hydrogens is 164 g/mol. The molecule has 0 aromatic heterocycles. The minimum absolute atomic E-state index is 0.280. The zero-order chi connectivity index (χ0) is 9.42. The number of hydrogen-bond donors (Lipinski definition) is 1. The normalized spacial score (nSPS) is 34.1. The van der Waals surface area contributed by atoms with Gasteiger partial charge in [0.15, 0.2) is 0 Å². The molecule has 13 heavy (non-hydrogen) atoms. The van der Waals surface area contributed by atoms with Gasteiger partial charge in [0.2, 0.25) is 5.91 Å². The molecule has 2 aliphatic rings. The van der Waals surface area contributed by atoms with Crippen molar-refractivity contribution >= 4 is 5.91 Å². The van der Waals surface area contributed by atoms with Crippen LogP contribution in [0.4, 0.5) is 0 Å². The van der Waals surface area contributed by atoms with Gasteiger partial charge in [0.1, 0.15) is 0 Å². The van der Waals surface area contributed by atoms with Crippen LogP contribution in [0.25, 0.3) is 0 Å². The van der Waals surface area contributed by atoms with E-state index < -0.39 is 0 Å². The molecule has 3 heteroatoms. The van der Waals surface area contributed by atoms with Gasteiger partial charge >= 0.3 is 0 Å². The maximum Gasteiger partial charge on any atom is 0.237 e. The molecule has 1 saturated carbocycles. The number of hydrogen-bond acceptors (Lipinski definition) is 2. The van der Waals surface area contributed by atoms with E-state index in [9.17, 15) is 4.79 Å². The van der Waals surface area contributed by atoms with Crippen LogP contribution in [-0.2, 0) is 4.79 Å². The summed E-state index contributed by atoms with van der Waals surface area (Å²) in [7, 11) is 0. The van der Waals surface area contributed by atoms with Crippen molar-refractivity contribution in [2.45, 2.75) is 51.2 Å². The number of rotatable bonds is 1. The third-order valence-corrected chi connectivity index (χ3v) is 3.18. The summed E-state index contributed by atoms with van der Waals surface area (Å²) in [4.78, 5) is 13.8. The molecule has 2 rings (SSSR count). The highest BCUT2D eigenvalue weighted by Gasteiger charge is 2.36. The SMILES string of the molecule is CC(C)N1C(=O)CNC2CCC1C2. The van der Waals surface area contributed by atoms with Crippen molar-refractivity contribution in [2.75, 3.05) is 6.54 Å². The topological polar surface area (TPSA) is 32.3 Å². The zero-order valence-corrected chi connectivity index (χ0v) is 8.42. The Balaban J connectivity index is 2.16. The third-order valence-electron chi connectivity index (χ3n) is 3.18. The number of carbonyl (C=O) groups is 1. The lowest BCUT2D eigenvalue weighted by molar-refractivity contribution is -0.133. The molecular formula is C10H18N2O. The van der Waals surface area contributed by atoms with Gasteiger partial charge in [-0.05, 0) is 33.1 Å². The van der Waals surface area contributed by atoms with Crippen LogP contribution in [0.2, 0.25) is 0 Å². The van der Waals surface area contributed by atoms with E-state index in [1.807, 2.05) is 0 Å². The van der Waals surface area contributed by atoms with E-state index in [1.165, 1.54) is 12.8 Å². The maximum atomic E-state index is 11.7. The van der Waals surface area contributed by atoms with Gasteiger partial charge in [-0.1, -0.05) is 0 Å². The van der Waals surface area contributed by atoms with Gasteiger partial charge < -0.3 is 10.2 Å². The van der Waals surface area contributed by atoms with Gasteiger partial charge in [-0.2, -0.15) is 0 Å². The smallest absolute Gasteiger partial charge is 0.237 e. The Morgan fingerprint density at radius 2 is 2.23 bits per heavy atom. The van der Waals surface area contributed by atoms with Gasteiger partial charge in [0, 0.05) is 18.1 Å². The van der Waals surface area contributed by atoms with Crippen molar-refractivity contribution < 1.29 is 4.79 Å². The Morgan fingerprint density at radius 1 is 1.46 bits per heavy atom. The number of nitrogens with zero attached hydrogens (tertiary/aromatic N) is 1. The summed E-state index contributed by atoms with van der Waals surface area (Å²) in [6, 6.07) is 1.46. The lowest BCUT2D eigenvalue weighted by Gasteiger charge is -2.31. The van der Waals surface area contributed by atoms with Crippen molar-refractivity contribution in [2.24, 2.45) is 0 Å². The fourth-order valence-electron chi connectivity index (χ4n) is 2.63. The fourth-order valence-corrected chi connectivity index (χ4v) is 2.63. The average molecular weight is 182 g/mol. The van der Waals surface area contributed by atoms with Crippen LogP contribution >= 0.6 is 0 Å². The van der Waals surface area contributed by atoms with Crippen LogP contribution in [0.3, 0.4) is 0 Å². The highest BCUT2D eigenvalue weighted by molar-refractivity contribution is 5.79. The van der Waals surface area contributed by atoms with Crippen LogP contribution in [0, 0.1) is 0 Å². The molecule has 1 aliphatic carbocycles. The summed E-state index contributed by atoms with van der Waals surface area (Å²) in [5.74, 6) is 0.280. The van der Waals surface area contributed by atoms with Crippen LogP contribution in [0.15, 0.2) is 0 Å². The highest BCUT2D eigenvalue weighted by Crippen LogP contribution is 2.27. The molecule has 2 atom stereocenters. The molecule has 1 N–H and O–H groups in total. The van der Waals surface area contributed by atoms with Gasteiger partial charge in [-0.15, -0.1) is 0 Å². The van der Waals surface area contributed by atoms with Gasteiger partial charge in [0.05, 0.1) is 6.54 Å². The molecule has 0 aromatic carbocycles. The van der Waals surface area contributed by atoms with E-state index >= 15 is 0 Å². The summed E-state index contributed by atoms with van der Waals surface area (Å²) in [5, 5.41) is 3.32. The molecule has 1 saturated heterocycles. The van der Waals surface area contributed by atoms with Crippen LogP contribution in [0.1, 0.15) is 33.1 Å². The highest BCUT2D eigenvalue weighted by atomic mass is 16.2. The quantitative estimate of drug-likeness (QED) is 0.649. The van der Waals surface area contributed by atoms with E-state index in [4.69, 9.17) is 0 Å². The Bertz CT molecular complexity index is 215. The second-order valence-corrected chi connectivity index (χ2v) is 4.44. The Hall–Kier alpha value is -0.570. The first-order valence-electron chi connectivity index (χ1n) is 5.23. The lowest BCUT2D eigenvalue weighted by atomic mass is 10.1. The van der Waals surface area contributed by atoms with Crippen molar-refractivity contribution in [3.8, 4) is 0 Å². The molecule has 2 unspecified atom stereocenters. The summed E-state index contributed by atoms with van der Waals surface area (Å²) in [5.41, 5.74) is 0. The molecule has 1 amide bonds. The molecule has 2 fully saturated rings. The molecule has 3 nitrogen and oxygen atoms in total. The molecule has 1 heterocycles. The lowest BCUT2D eigenvalue weighted by Crippen LogP contribution is -2.45. The molecule has 2 bridgehead atoms. The van der Waals surface area contributed by atoms with Gasteiger partial charge in [0.25, 0.3) is 0 Å². The van der Waals surface area contributed by atoms with E-state index in [-0.39, 0.29) is 5.91 Å². The summed E-state index contributed by atoms with van der Waals surface area (Å²) >= 11 is 0. The van der Waals surface area contributed by atoms with Crippen molar-refractivity contribution in [3.63, 3.8) is 0 Å². The summed E-state index contributed by atoms with van der Waals surface area (Å²) < 4.78 is 0. The Kier molecular flexibility index (Phi) is 2.28. The number of amides is 1. The molecule has 74 valence electrons. The minimum Gasteiger partial charge on any atom is -0.336 e. The first-order chi connectivity index (χ1) is 6.18. The number of carbonyl (C=O) groups excluding carboxylic acids is 1. The zero-order valence-electron chi connectivity index (χ0n) is 8.42. The molecule has 0 radical (unpaired) electrons. The molecule has 0 spiro atoms. The predicted octanol–water partition coefficient (Wildman–Crippen LogP) is 0.748. The van der Waals surface area contributed by atoms with Gasteiger partial charge in [-0.3, -0.25) is 4.79 Å². The van der Waals surface area contributed by atoms with E-state index in [0.717, 1.165) is 6.42 Å². The summed E-state index contributed by atoms with van der Waals surface area (Å²) in [6.45, 7) is 4.76. The van der Waals surface area contributed by atoms with Crippen LogP contribution in [0.5, 0.6) is 0 Å². The molecule has 0 aromatic rings. The van der Waals surface area contributed by atoms with Crippen LogP contribution in [-0.4, -0.2) is 35.5 Å². The Labute approximate surface area is 79.5 Å². The minimum atomic E-state index is 0.280. The standard InChI is InChI=1S/C10H18N2O/c1-7(2)12-9-4-3-8(5-9)11-6-10(12)13/h7-9,11H,3-6H2,1-2H3. The number of nitrogens with one attached hydrogen (secondary N) is 1. The molecule has 1 aliphatic heterocycles. The Morgan fingerprint density at radius 3 is 2.92 bits per heavy atom. The number of fused-ring (bicyclic) bond motifs is 2. The fraction of sp³-hybridized carbons (Fsp3) is 0.900. The summed E-state index contributed by atoms with van der Waals surface area (Å²) in [6.07, 6.45) is 3.58. The van der Waals surface area contributed by atoms with E-state index in [1.54, 1.807) is 0 Å². The van der Waals surface area contributed by atoms with E-state index in [0.29, 0.717) is 24.7 Å². The average Bonchev–Trinajstić information content (AvgIpc) is 2.41. The maximum absolute atomic E-state index is 11.7. The second-order valence-electron chi connectivity index (χ2n) is 4.44.